The molecule has 0 saturated heterocycles. The van der Waals surface area contributed by atoms with Gasteiger partial charge in [-0.3, -0.25) is 0 Å². The average molecular weight is 471 g/mol. The predicted molar refractivity (Wildman–Crippen MR) is 144 cm³/mol. The van der Waals surface area contributed by atoms with Gasteiger partial charge in [-0.05, 0) is 29.7 Å². The molecule has 0 saturated carbocycles. The molecule has 6 aromatic rings. The molecule has 0 amide bonds. The number of nitrogens with zero attached hydrogens (tertiary/aromatic N) is 4. The molecule has 0 fully saturated rings. The van der Waals surface area contributed by atoms with Gasteiger partial charge >= 0.3 is 0 Å². The van der Waals surface area contributed by atoms with Crippen molar-refractivity contribution in [2.45, 2.75) is 13.3 Å². The minimum Gasteiger partial charge on any atom is -0.241 e. The van der Waals surface area contributed by atoms with Crippen LogP contribution in [-0.2, 0) is 6.42 Å². The summed E-state index contributed by atoms with van der Waals surface area (Å²) in [6.45, 7) is 2.14. The molecular weight excluding hydrogens is 448 g/mol. The second kappa shape index (κ2) is 9.20. The molecule has 4 nitrogen and oxygen atoms in total. The van der Waals surface area contributed by atoms with E-state index in [9.17, 15) is 0 Å². The maximum atomic E-state index is 4.82. The minimum atomic E-state index is 0.659. The Bertz CT molecular complexity index is 1550. The van der Waals surface area contributed by atoms with Crippen LogP contribution in [0.2, 0.25) is 0 Å². The first-order valence-corrected chi connectivity index (χ1v) is 12.5. The van der Waals surface area contributed by atoms with Gasteiger partial charge in [0.15, 0.2) is 17.5 Å². The number of aromatic nitrogens is 4. The Kier molecular flexibility index (Phi) is 5.60. The normalized spacial score (nSPS) is 11.1. The van der Waals surface area contributed by atoms with Crippen molar-refractivity contribution in [1.29, 1.82) is 0 Å². The molecule has 168 valence electrons. The van der Waals surface area contributed by atoms with E-state index < -0.39 is 0 Å². The molecule has 2 heterocycles. The Morgan fingerprint density at radius 2 is 1.00 bits per heavy atom. The van der Waals surface area contributed by atoms with Crippen LogP contribution in [0.5, 0.6) is 0 Å². The van der Waals surface area contributed by atoms with Crippen LogP contribution in [0.4, 0.5) is 0 Å². The minimum absolute atomic E-state index is 0.659. The number of hydrogen-bond acceptors (Lipinski definition) is 5. The predicted octanol–water partition coefficient (Wildman–Crippen LogP) is 7.71. The molecule has 35 heavy (non-hydrogen) atoms. The maximum Gasteiger partial charge on any atom is 0.164 e. The zero-order valence-electron chi connectivity index (χ0n) is 19.2. The third-order valence-electron chi connectivity index (χ3n) is 5.91. The van der Waals surface area contributed by atoms with Crippen molar-refractivity contribution in [3.05, 3.63) is 108 Å². The standard InChI is InChI=1S/C30H22N4S/c1-2-27-31-25-19-24(17-18-26(25)35-27)20-13-15-23(16-14-20)30-33-28(21-9-5-3-6-10-21)32-29(34-30)22-11-7-4-8-12-22/h3-19H,2H2,1H3. The number of benzene rings is 4. The van der Waals surface area contributed by atoms with E-state index in [1.807, 2.05) is 60.7 Å². The van der Waals surface area contributed by atoms with Crippen molar-refractivity contribution in [3.8, 4) is 45.3 Å². The van der Waals surface area contributed by atoms with Crippen LogP contribution in [0, 0.1) is 0 Å². The van der Waals surface area contributed by atoms with Gasteiger partial charge in [-0.2, -0.15) is 0 Å². The summed E-state index contributed by atoms with van der Waals surface area (Å²) in [7, 11) is 0. The third kappa shape index (κ3) is 4.34. The maximum absolute atomic E-state index is 4.82. The van der Waals surface area contributed by atoms with Gasteiger partial charge in [-0.25, -0.2) is 19.9 Å². The van der Waals surface area contributed by atoms with Crippen molar-refractivity contribution in [2.24, 2.45) is 0 Å². The summed E-state index contributed by atoms with van der Waals surface area (Å²) in [4.78, 5) is 19.2. The first-order chi connectivity index (χ1) is 17.3. The molecule has 0 bridgehead atoms. The summed E-state index contributed by atoms with van der Waals surface area (Å²) in [5.41, 5.74) is 6.24. The first-order valence-electron chi connectivity index (χ1n) is 11.6. The van der Waals surface area contributed by atoms with Crippen LogP contribution in [0.25, 0.3) is 55.5 Å². The summed E-state index contributed by atoms with van der Waals surface area (Å²) in [6, 6.07) is 35.0. The third-order valence-corrected chi connectivity index (χ3v) is 7.09. The van der Waals surface area contributed by atoms with Gasteiger partial charge in [-0.15, -0.1) is 11.3 Å². The molecule has 0 aliphatic rings. The lowest BCUT2D eigenvalue weighted by atomic mass is 10.0. The molecule has 2 aromatic heterocycles. The van der Waals surface area contributed by atoms with E-state index in [0.29, 0.717) is 17.5 Å². The van der Waals surface area contributed by atoms with Crippen LogP contribution in [0.1, 0.15) is 11.9 Å². The summed E-state index contributed by atoms with van der Waals surface area (Å²) in [5, 5.41) is 1.17. The van der Waals surface area contributed by atoms with Crippen molar-refractivity contribution in [2.75, 3.05) is 0 Å². The molecule has 0 spiro atoms. The van der Waals surface area contributed by atoms with E-state index in [-0.39, 0.29) is 0 Å². The second-order valence-electron chi connectivity index (χ2n) is 8.26. The summed E-state index contributed by atoms with van der Waals surface area (Å²) >= 11 is 1.77. The van der Waals surface area contributed by atoms with Gasteiger partial charge in [-0.1, -0.05) is 97.9 Å². The number of thiazole rings is 1. The van der Waals surface area contributed by atoms with Crippen LogP contribution in [0.3, 0.4) is 0 Å². The van der Waals surface area contributed by atoms with E-state index in [0.717, 1.165) is 39.8 Å². The average Bonchev–Trinajstić information content (AvgIpc) is 3.37. The Hall–Kier alpha value is -4.22. The van der Waals surface area contributed by atoms with Crippen molar-refractivity contribution >= 4 is 21.6 Å². The van der Waals surface area contributed by atoms with E-state index >= 15 is 0 Å². The van der Waals surface area contributed by atoms with Gasteiger partial charge in [0.05, 0.1) is 15.2 Å². The van der Waals surface area contributed by atoms with Gasteiger partial charge in [0.2, 0.25) is 0 Å². The molecular formula is C30H22N4S. The smallest absolute Gasteiger partial charge is 0.164 e. The number of fused-ring (bicyclic) bond motifs is 1. The quantitative estimate of drug-likeness (QED) is 0.259. The molecule has 0 unspecified atom stereocenters. The highest BCUT2D eigenvalue weighted by Gasteiger charge is 2.12. The summed E-state index contributed by atoms with van der Waals surface area (Å²) < 4.78 is 1.23. The zero-order chi connectivity index (χ0) is 23.6. The summed E-state index contributed by atoms with van der Waals surface area (Å²) in [6.07, 6.45) is 0.964. The topological polar surface area (TPSA) is 51.6 Å². The Morgan fingerprint density at radius 1 is 0.514 bits per heavy atom. The van der Waals surface area contributed by atoms with Crippen LogP contribution >= 0.6 is 11.3 Å². The fourth-order valence-corrected chi connectivity index (χ4v) is 4.94. The highest BCUT2D eigenvalue weighted by atomic mass is 32.1. The van der Waals surface area contributed by atoms with Gasteiger partial charge in [0.1, 0.15) is 0 Å². The van der Waals surface area contributed by atoms with E-state index in [4.69, 9.17) is 19.9 Å². The molecule has 0 radical (unpaired) electrons. The van der Waals surface area contributed by atoms with Crippen molar-refractivity contribution in [3.63, 3.8) is 0 Å². The lowest BCUT2D eigenvalue weighted by molar-refractivity contribution is 1.07. The Balaban J connectivity index is 1.40. The first kappa shape index (κ1) is 21.3. The van der Waals surface area contributed by atoms with Crippen LogP contribution in [0.15, 0.2) is 103 Å². The lowest BCUT2D eigenvalue weighted by Crippen LogP contribution is -2.00. The van der Waals surface area contributed by atoms with E-state index in [1.165, 1.54) is 9.71 Å². The molecule has 4 aromatic carbocycles. The molecule has 0 aliphatic carbocycles. The molecule has 5 heteroatoms. The lowest BCUT2D eigenvalue weighted by Gasteiger charge is -2.09. The second-order valence-corrected chi connectivity index (χ2v) is 9.37. The SMILES string of the molecule is CCc1nc2cc(-c3ccc(-c4nc(-c5ccccc5)nc(-c5ccccc5)n4)cc3)ccc2s1. The highest BCUT2D eigenvalue weighted by Crippen LogP contribution is 2.30. The molecule has 6 rings (SSSR count). The van der Waals surface area contributed by atoms with Gasteiger partial charge in [0.25, 0.3) is 0 Å². The van der Waals surface area contributed by atoms with Crippen molar-refractivity contribution < 1.29 is 0 Å². The molecule has 0 aliphatic heterocycles. The fraction of sp³-hybridized carbons (Fsp3) is 0.0667. The van der Waals surface area contributed by atoms with Crippen molar-refractivity contribution in [1.82, 2.24) is 19.9 Å². The van der Waals surface area contributed by atoms with Crippen LogP contribution in [-0.4, -0.2) is 19.9 Å². The summed E-state index contributed by atoms with van der Waals surface area (Å²) in [5.74, 6) is 1.99. The van der Waals surface area contributed by atoms with E-state index in [2.05, 4.69) is 49.4 Å². The zero-order valence-corrected chi connectivity index (χ0v) is 20.0. The number of aryl methyl sites for hydroxylation is 1. The van der Waals surface area contributed by atoms with E-state index in [1.54, 1.807) is 11.3 Å². The number of rotatable bonds is 5. The highest BCUT2D eigenvalue weighted by molar-refractivity contribution is 7.18. The van der Waals surface area contributed by atoms with Gasteiger partial charge < -0.3 is 0 Å². The Morgan fingerprint density at radius 3 is 1.54 bits per heavy atom. The monoisotopic (exact) mass is 470 g/mol. The molecule has 0 atom stereocenters. The largest absolute Gasteiger partial charge is 0.241 e. The number of hydrogen-bond donors (Lipinski definition) is 0. The fourth-order valence-electron chi connectivity index (χ4n) is 4.06. The van der Waals surface area contributed by atoms with Crippen LogP contribution < -0.4 is 0 Å². The Labute approximate surface area is 208 Å². The van der Waals surface area contributed by atoms with Gasteiger partial charge in [0, 0.05) is 16.7 Å². The molecule has 0 N–H and O–H groups in total.